The largest absolute Gasteiger partial charge is 0.435 e. The van der Waals surface area contributed by atoms with Gasteiger partial charge in [0.1, 0.15) is 0 Å². The van der Waals surface area contributed by atoms with Gasteiger partial charge in [-0.25, -0.2) is 0 Å². The normalized spacial score (nSPS) is 14.0. The molecular formula is C23H20F3N5O. The average Bonchev–Trinajstić information content (AvgIpc) is 3.07. The van der Waals surface area contributed by atoms with Crippen molar-refractivity contribution in [3.8, 4) is 16.9 Å². The van der Waals surface area contributed by atoms with Crippen molar-refractivity contribution in [1.82, 2.24) is 24.6 Å². The number of nitrogens with one attached hydrogen (secondary N) is 1. The van der Waals surface area contributed by atoms with Crippen LogP contribution in [-0.2, 0) is 26.2 Å². The molecule has 5 rings (SSSR count). The van der Waals surface area contributed by atoms with E-state index in [4.69, 9.17) is 0 Å². The highest BCUT2D eigenvalue weighted by Crippen LogP contribution is 2.32. The van der Waals surface area contributed by atoms with Gasteiger partial charge in [-0.05, 0) is 42.3 Å². The van der Waals surface area contributed by atoms with Crippen molar-refractivity contribution in [3.63, 3.8) is 0 Å². The number of aryl methyl sites for hydroxylation is 2. The molecule has 1 aliphatic heterocycles. The quantitative estimate of drug-likeness (QED) is 0.517. The van der Waals surface area contributed by atoms with E-state index >= 15 is 0 Å². The molecule has 164 valence electrons. The second-order valence-corrected chi connectivity index (χ2v) is 7.94. The molecule has 4 heterocycles. The van der Waals surface area contributed by atoms with Crippen molar-refractivity contribution in [3.05, 3.63) is 75.5 Å². The van der Waals surface area contributed by atoms with Gasteiger partial charge in [-0.2, -0.15) is 13.2 Å². The van der Waals surface area contributed by atoms with Crippen LogP contribution in [0.4, 0.5) is 13.2 Å². The van der Waals surface area contributed by atoms with Gasteiger partial charge in [-0.1, -0.05) is 6.07 Å². The van der Waals surface area contributed by atoms with E-state index in [9.17, 15) is 18.0 Å². The van der Waals surface area contributed by atoms with E-state index in [0.717, 1.165) is 42.3 Å². The zero-order valence-corrected chi connectivity index (χ0v) is 17.5. The first kappa shape index (κ1) is 20.4. The maximum absolute atomic E-state index is 12.9. The van der Waals surface area contributed by atoms with Gasteiger partial charge in [0, 0.05) is 55.5 Å². The third-order valence-electron chi connectivity index (χ3n) is 6.09. The monoisotopic (exact) mass is 439 g/mol. The van der Waals surface area contributed by atoms with E-state index in [1.165, 1.54) is 28.8 Å². The lowest BCUT2D eigenvalue weighted by molar-refractivity contribution is -0.141. The fraction of sp³-hybridized carbons (Fsp3) is 0.261. The Kier molecular flexibility index (Phi) is 4.67. The third-order valence-corrected chi connectivity index (χ3v) is 6.09. The number of pyridine rings is 1. The molecule has 0 saturated carbocycles. The molecule has 0 aliphatic carbocycles. The molecule has 4 aromatic rings. The summed E-state index contributed by atoms with van der Waals surface area (Å²) >= 11 is 0. The predicted molar refractivity (Wildman–Crippen MR) is 115 cm³/mol. The zero-order valence-electron chi connectivity index (χ0n) is 17.5. The van der Waals surface area contributed by atoms with Crippen molar-refractivity contribution in [2.75, 3.05) is 6.54 Å². The van der Waals surface area contributed by atoms with Gasteiger partial charge in [-0.15, -0.1) is 10.2 Å². The highest BCUT2D eigenvalue weighted by atomic mass is 19.4. The first-order valence-electron chi connectivity index (χ1n) is 10.2. The summed E-state index contributed by atoms with van der Waals surface area (Å²) in [5.41, 5.74) is 4.70. The van der Waals surface area contributed by atoms with E-state index in [-0.39, 0.29) is 11.3 Å². The Morgan fingerprint density at radius 2 is 1.91 bits per heavy atom. The van der Waals surface area contributed by atoms with E-state index in [1.54, 1.807) is 16.8 Å². The minimum atomic E-state index is -4.56. The summed E-state index contributed by atoms with van der Waals surface area (Å²) in [4.78, 5) is 12.9. The molecule has 0 spiro atoms. The van der Waals surface area contributed by atoms with Crippen molar-refractivity contribution >= 4 is 10.9 Å². The lowest BCUT2D eigenvalue weighted by Crippen LogP contribution is -2.24. The third kappa shape index (κ3) is 3.20. The number of hydrogen-bond donors (Lipinski definition) is 1. The lowest BCUT2D eigenvalue weighted by atomic mass is 10.0. The predicted octanol–water partition coefficient (Wildman–Crippen LogP) is 3.76. The number of fused-ring (bicyclic) bond motifs is 3. The van der Waals surface area contributed by atoms with Gasteiger partial charge in [-0.3, -0.25) is 9.36 Å². The van der Waals surface area contributed by atoms with Gasteiger partial charge in [0.25, 0.3) is 5.56 Å². The molecule has 0 amide bonds. The highest BCUT2D eigenvalue weighted by molar-refractivity contribution is 5.90. The fourth-order valence-corrected chi connectivity index (χ4v) is 4.53. The van der Waals surface area contributed by atoms with Gasteiger partial charge in [0.15, 0.2) is 5.69 Å². The molecule has 9 heteroatoms. The van der Waals surface area contributed by atoms with E-state index in [1.807, 2.05) is 19.1 Å². The van der Waals surface area contributed by atoms with Crippen LogP contribution >= 0.6 is 0 Å². The Morgan fingerprint density at radius 1 is 1.09 bits per heavy atom. The van der Waals surface area contributed by atoms with Crippen LogP contribution in [0, 0.1) is 6.92 Å². The van der Waals surface area contributed by atoms with Crippen molar-refractivity contribution in [1.29, 1.82) is 0 Å². The van der Waals surface area contributed by atoms with Crippen LogP contribution in [0.25, 0.3) is 27.8 Å². The SMILES string of the molecule is Cc1c(-n2ccc(-c3ccc(C(F)(F)F)nn3)cc2=O)ccc2c3c(n(C)c12)CCNC3. The molecule has 0 bridgehead atoms. The topological polar surface area (TPSA) is 64.7 Å². The average molecular weight is 439 g/mol. The molecule has 32 heavy (non-hydrogen) atoms. The van der Waals surface area contributed by atoms with Crippen LogP contribution in [0.1, 0.15) is 22.5 Å². The number of hydrogen-bond acceptors (Lipinski definition) is 4. The van der Waals surface area contributed by atoms with Crippen LogP contribution < -0.4 is 10.9 Å². The Balaban J connectivity index is 1.57. The summed E-state index contributed by atoms with van der Waals surface area (Å²) in [5.74, 6) is 0. The maximum Gasteiger partial charge on any atom is 0.435 e. The minimum absolute atomic E-state index is 0.206. The van der Waals surface area contributed by atoms with E-state index < -0.39 is 11.9 Å². The molecular weight excluding hydrogens is 419 g/mol. The number of nitrogens with zero attached hydrogens (tertiary/aromatic N) is 4. The minimum Gasteiger partial charge on any atom is -0.347 e. The van der Waals surface area contributed by atoms with Crippen LogP contribution in [0.5, 0.6) is 0 Å². The summed E-state index contributed by atoms with van der Waals surface area (Å²) in [7, 11) is 2.05. The molecule has 3 aromatic heterocycles. The summed E-state index contributed by atoms with van der Waals surface area (Å²) in [6.45, 7) is 3.77. The molecule has 1 aromatic carbocycles. The molecule has 0 saturated heterocycles. The molecule has 0 unspecified atom stereocenters. The Hall–Kier alpha value is -3.46. The first-order valence-corrected chi connectivity index (χ1v) is 10.2. The van der Waals surface area contributed by atoms with Gasteiger partial charge in [0.05, 0.1) is 16.9 Å². The fourth-order valence-electron chi connectivity index (χ4n) is 4.53. The maximum atomic E-state index is 12.9. The standard InChI is InChI=1S/C23H20F3N5O/c1-13-18(5-3-15-16-12-27-9-7-19(16)30(2)22(13)15)31-10-8-14(11-21(31)32)17-4-6-20(29-28-17)23(24,25)26/h3-6,8,10-11,27H,7,9,12H2,1-2H3. The molecule has 0 atom stereocenters. The zero-order chi connectivity index (χ0) is 22.6. The Labute approximate surface area is 181 Å². The van der Waals surface area contributed by atoms with Crippen LogP contribution in [0.3, 0.4) is 0 Å². The number of benzene rings is 1. The summed E-state index contributed by atoms with van der Waals surface area (Å²) < 4.78 is 41.9. The first-order chi connectivity index (χ1) is 15.3. The Bertz CT molecular complexity index is 1400. The van der Waals surface area contributed by atoms with Crippen molar-refractivity contribution in [2.24, 2.45) is 7.05 Å². The number of alkyl halides is 3. The van der Waals surface area contributed by atoms with E-state index in [2.05, 4.69) is 27.1 Å². The molecule has 1 N–H and O–H groups in total. The summed E-state index contributed by atoms with van der Waals surface area (Å²) in [5, 5.41) is 11.5. The van der Waals surface area contributed by atoms with E-state index in [0.29, 0.717) is 5.56 Å². The number of aromatic nitrogens is 4. The molecule has 1 aliphatic rings. The summed E-state index contributed by atoms with van der Waals surface area (Å²) in [6, 6.07) is 9.08. The highest BCUT2D eigenvalue weighted by Gasteiger charge is 2.33. The summed E-state index contributed by atoms with van der Waals surface area (Å²) in [6.07, 6.45) is -1.98. The van der Waals surface area contributed by atoms with Crippen molar-refractivity contribution < 1.29 is 13.2 Å². The lowest BCUT2D eigenvalue weighted by Gasteiger charge is -2.14. The number of rotatable bonds is 2. The van der Waals surface area contributed by atoms with Gasteiger partial charge >= 0.3 is 6.18 Å². The van der Waals surface area contributed by atoms with Crippen molar-refractivity contribution in [2.45, 2.75) is 26.1 Å². The molecule has 0 radical (unpaired) electrons. The van der Waals surface area contributed by atoms with Crippen LogP contribution in [0.2, 0.25) is 0 Å². The molecule has 6 nitrogen and oxygen atoms in total. The second-order valence-electron chi connectivity index (χ2n) is 7.94. The van der Waals surface area contributed by atoms with Crippen LogP contribution in [0.15, 0.2) is 47.4 Å². The van der Waals surface area contributed by atoms with Gasteiger partial charge in [0.2, 0.25) is 0 Å². The second kappa shape index (κ2) is 7.30. The van der Waals surface area contributed by atoms with Gasteiger partial charge < -0.3 is 9.88 Å². The number of halogens is 3. The Morgan fingerprint density at radius 3 is 2.59 bits per heavy atom. The van der Waals surface area contributed by atoms with Crippen LogP contribution in [-0.4, -0.2) is 25.9 Å². The molecule has 0 fully saturated rings. The smallest absolute Gasteiger partial charge is 0.347 e.